The minimum atomic E-state index is -0.232. The molecule has 0 unspecified atom stereocenters. The van der Waals surface area contributed by atoms with Crippen molar-refractivity contribution in [1.82, 2.24) is 9.13 Å². The molecule has 0 atom stereocenters. The molecule has 2 heterocycles. The predicted molar refractivity (Wildman–Crippen MR) is 278 cm³/mol. The van der Waals surface area contributed by atoms with Crippen molar-refractivity contribution >= 4 is 60.7 Å². The Labute approximate surface area is 384 Å². The van der Waals surface area contributed by atoms with Crippen molar-refractivity contribution in [2.24, 2.45) is 0 Å². The summed E-state index contributed by atoms with van der Waals surface area (Å²) >= 11 is 0. The Morgan fingerprint density at radius 3 is 1.33 bits per heavy atom. The van der Waals surface area contributed by atoms with Crippen molar-refractivity contribution in [3.63, 3.8) is 0 Å². The average Bonchev–Trinajstić information content (AvgIpc) is 3.97. The van der Waals surface area contributed by atoms with Gasteiger partial charge in [-0.05, 0) is 136 Å². The van der Waals surface area contributed by atoms with Crippen LogP contribution in [0.15, 0.2) is 237 Å². The molecule has 3 heteroatoms. The number of nitrogens with zero attached hydrogens (tertiary/aromatic N) is 3. The summed E-state index contributed by atoms with van der Waals surface area (Å²) in [5.74, 6) is 0. The molecule has 13 rings (SSSR count). The summed E-state index contributed by atoms with van der Waals surface area (Å²) < 4.78 is 4.81. The molecule has 10 aromatic carbocycles. The molecule has 0 fully saturated rings. The molecule has 0 radical (unpaired) electrons. The van der Waals surface area contributed by atoms with Crippen molar-refractivity contribution in [2.45, 2.75) is 19.3 Å². The Balaban J connectivity index is 0.903. The van der Waals surface area contributed by atoms with Gasteiger partial charge in [-0.15, -0.1) is 0 Å². The van der Waals surface area contributed by atoms with Gasteiger partial charge in [-0.3, -0.25) is 0 Å². The van der Waals surface area contributed by atoms with Crippen LogP contribution in [0.2, 0.25) is 0 Å². The Bertz CT molecular complexity index is 3760. The maximum atomic E-state index is 2.44. The summed E-state index contributed by atoms with van der Waals surface area (Å²) in [5.41, 5.74) is 20.4. The van der Waals surface area contributed by atoms with Gasteiger partial charge >= 0.3 is 0 Å². The van der Waals surface area contributed by atoms with Crippen LogP contribution < -0.4 is 4.90 Å². The zero-order valence-electron chi connectivity index (χ0n) is 36.9. The molecule has 3 nitrogen and oxygen atoms in total. The third-order valence-corrected chi connectivity index (χ3v) is 14.1. The van der Waals surface area contributed by atoms with Crippen LogP contribution in [-0.4, -0.2) is 9.13 Å². The van der Waals surface area contributed by atoms with Crippen LogP contribution in [0.4, 0.5) is 17.1 Å². The normalized spacial score (nSPS) is 12.8. The molecular weight excluding hydrogens is 799 g/mol. The van der Waals surface area contributed by atoms with E-state index in [1.807, 2.05) is 0 Å². The highest BCUT2D eigenvalue weighted by atomic mass is 15.1. The second-order valence-electron chi connectivity index (χ2n) is 18.2. The fourth-order valence-electron chi connectivity index (χ4n) is 10.9. The lowest BCUT2D eigenvalue weighted by atomic mass is 9.82. The highest BCUT2D eigenvalue weighted by Gasteiger charge is 2.36. The van der Waals surface area contributed by atoms with Crippen LogP contribution in [-0.2, 0) is 5.41 Å². The molecule has 0 saturated heterocycles. The first-order chi connectivity index (χ1) is 32.5. The number of hydrogen-bond donors (Lipinski definition) is 0. The summed E-state index contributed by atoms with van der Waals surface area (Å²) in [5, 5.41) is 5.06. The van der Waals surface area contributed by atoms with Gasteiger partial charge in [-0.1, -0.05) is 159 Å². The number of para-hydroxylation sites is 4. The topological polar surface area (TPSA) is 13.1 Å². The number of fused-ring (bicyclic) bond motifs is 9. The lowest BCUT2D eigenvalue weighted by Crippen LogP contribution is -2.17. The van der Waals surface area contributed by atoms with E-state index in [0.717, 1.165) is 17.1 Å². The highest BCUT2D eigenvalue weighted by Crippen LogP contribution is 2.52. The SMILES string of the molecule is CC1(C)c2cc(N(c3ccc(-c4ccccc4)cc3)c3ccc(-c4ccc5c(c4)c4ccccc4n5-c4ccccc4)cc3)ccc2-c2ccc(-n3c4ccccc4c4ccccc43)cc21. The molecule has 12 aromatic rings. The first-order valence-electron chi connectivity index (χ1n) is 22.9. The second-order valence-corrected chi connectivity index (χ2v) is 18.2. The van der Waals surface area contributed by atoms with Gasteiger partial charge in [0.15, 0.2) is 0 Å². The van der Waals surface area contributed by atoms with E-state index in [4.69, 9.17) is 0 Å². The number of hydrogen-bond acceptors (Lipinski definition) is 1. The van der Waals surface area contributed by atoms with Gasteiger partial charge < -0.3 is 14.0 Å². The van der Waals surface area contributed by atoms with Crippen LogP contribution in [0.3, 0.4) is 0 Å². The first-order valence-corrected chi connectivity index (χ1v) is 22.9. The molecule has 312 valence electrons. The molecule has 0 amide bonds. The van der Waals surface area contributed by atoms with Crippen molar-refractivity contribution < 1.29 is 0 Å². The van der Waals surface area contributed by atoms with E-state index in [-0.39, 0.29) is 5.41 Å². The van der Waals surface area contributed by atoms with Crippen LogP contribution in [0.1, 0.15) is 25.0 Å². The van der Waals surface area contributed by atoms with Gasteiger partial charge in [0.1, 0.15) is 0 Å². The average molecular weight is 844 g/mol. The summed E-state index contributed by atoms with van der Waals surface area (Å²) in [6.07, 6.45) is 0. The smallest absolute Gasteiger partial charge is 0.0541 e. The number of rotatable bonds is 7. The Morgan fingerprint density at radius 1 is 0.303 bits per heavy atom. The van der Waals surface area contributed by atoms with Crippen molar-refractivity contribution in [2.75, 3.05) is 4.90 Å². The van der Waals surface area contributed by atoms with Gasteiger partial charge in [0.2, 0.25) is 0 Å². The lowest BCUT2D eigenvalue weighted by Gasteiger charge is -2.28. The third-order valence-electron chi connectivity index (χ3n) is 14.1. The minimum Gasteiger partial charge on any atom is -0.310 e. The molecule has 0 N–H and O–H groups in total. The Hall–Kier alpha value is -8.40. The van der Waals surface area contributed by atoms with E-state index >= 15 is 0 Å². The van der Waals surface area contributed by atoms with Gasteiger partial charge in [-0.25, -0.2) is 0 Å². The zero-order chi connectivity index (χ0) is 43.9. The fourth-order valence-corrected chi connectivity index (χ4v) is 10.9. The molecule has 0 aliphatic heterocycles. The van der Waals surface area contributed by atoms with Crippen LogP contribution in [0, 0.1) is 0 Å². The van der Waals surface area contributed by atoms with Crippen molar-refractivity contribution in [1.29, 1.82) is 0 Å². The second kappa shape index (κ2) is 14.8. The number of anilines is 3. The monoisotopic (exact) mass is 843 g/mol. The van der Waals surface area contributed by atoms with E-state index in [1.54, 1.807) is 0 Å². The minimum absolute atomic E-state index is 0.232. The van der Waals surface area contributed by atoms with E-state index in [9.17, 15) is 0 Å². The molecule has 1 aliphatic rings. The molecule has 1 aliphatic carbocycles. The standard InChI is InChI=1S/C63H45N3/c1-63(2)57-40-49(34-36-51(57)52-37-35-50(41-58(52)63)66-59-22-12-9-19-53(59)54-20-10-13-23-60(54)66)64(47-30-25-43(26-31-47)42-15-5-3-6-16-42)48-32-27-44(28-33-48)45-29-38-62-56(39-45)55-21-11-14-24-61(55)65(62)46-17-7-4-8-18-46/h3-41H,1-2H3. The summed E-state index contributed by atoms with van der Waals surface area (Å²) in [4.78, 5) is 2.41. The van der Waals surface area contributed by atoms with Crippen LogP contribution >= 0.6 is 0 Å². The van der Waals surface area contributed by atoms with E-state index in [1.165, 1.54) is 99.5 Å². The Morgan fingerprint density at radius 2 is 0.727 bits per heavy atom. The maximum absolute atomic E-state index is 2.44. The van der Waals surface area contributed by atoms with Crippen molar-refractivity contribution in [3.05, 3.63) is 248 Å². The van der Waals surface area contributed by atoms with Gasteiger partial charge in [0.05, 0.1) is 22.1 Å². The predicted octanol–water partition coefficient (Wildman–Crippen LogP) is 17.0. The first kappa shape index (κ1) is 38.1. The fraction of sp³-hybridized carbons (Fsp3) is 0.0476. The third kappa shape index (κ3) is 5.90. The largest absolute Gasteiger partial charge is 0.310 e. The highest BCUT2D eigenvalue weighted by molar-refractivity contribution is 6.11. The van der Waals surface area contributed by atoms with Gasteiger partial charge in [0.25, 0.3) is 0 Å². The summed E-state index contributed by atoms with van der Waals surface area (Å²) in [7, 11) is 0. The summed E-state index contributed by atoms with van der Waals surface area (Å²) in [6.45, 7) is 4.78. The van der Waals surface area contributed by atoms with Crippen LogP contribution in [0.25, 0.3) is 88.4 Å². The molecule has 66 heavy (non-hydrogen) atoms. The quantitative estimate of drug-likeness (QED) is 0.156. The molecule has 0 saturated carbocycles. The summed E-state index contributed by atoms with van der Waals surface area (Å²) in [6, 6.07) is 86.8. The molecular formula is C63H45N3. The molecule has 0 spiro atoms. The molecule has 2 aromatic heterocycles. The van der Waals surface area contributed by atoms with E-state index in [2.05, 4.69) is 264 Å². The number of aromatic nitrogens is 2. The van der Waals surface area contributed by atoms with Crippen molar-refractivity contribution in [3.8, 4) is 44.8 Å². The zero-order valence-corrected chi connectivity index (χ0v) is 36.9. The van der Waals surface area contributed by atoms with E-state index in [0.29, 0.717) is 0 Å². The Kier molecular flexibility index (Phi) is 8.56. The molecule has 0 bridgehead atoms. The van der Waals surface area contributed by atoms with Gasteiger partial charge in [0, 0.05) is 55.4 Å². The number of benzene rings is 10. The lowest BCUT2D eigenvalue weighted by molar-refractivity contribution is 0.660. The van der Waals surface area contributed by atoms with Gasteiger partial charge in [-0.2, -0.15) is 0 Å². The van der Waals surface area contributed by atoms with Crippen LogP contribution in [0.5, 0.6) is 0 Å². The maximum Gasteiger partial charge on any atom is 0.0541 e. The van der Waals surface area contributed by atoms with E-state index < -0.39 is 0 Å².